The van der Waals surface area contributed by atoms with Crippen molar-refractivity contribution in [1.29, 1.82) is 0 Å². The number of fused-ring (bicyclic) bond motifs is 1. The molecule has 2 N–H and O–H groups in total. The Morgan fingerprint density at radius 1 is 1.33 bits per heavy atom. The molecule has 0 atom stereocenters. The van der Waals surface area contributed by atoms with E-state index in [1.807, 2.05) is 35.0 Å². The summed E-state index contributed by atoms with van der Waals surface area (Å²) in [5.41, 5.74) is 2.59. The third kappa shape index (κ3) is 3.04. The van der Waals surface area contributed by atoms with Crippen molar-refractivity contribution >= 4 is 33.8 Å². The lowest BCUT2D eigenvalue weighted by Gasteiger charge is -2.04. The van der Waals surface area contributed by atoms with Gasteiger partial charge in [-0.25, -0.2) is 0 Å². The second kappa shape index (κ2) is 6.25. The Morgan fingerprint density at radius 3 is 3.17 bits per heavy atom. The highest BCUT2D eigenvalue weighted by Crippen LogP contribution is 2.19. The summed E-state index contributed by atoms with van der Waals surface area (Å²) in [6.07, 6.45) is 2.39. The second-order valence-electron chi connectivity index (χ2n) is 5.24. The van der Waals surface area contributed by atoms with Crippen LogP contribution in [0.4, 0.5) is 5.69 Å². The predicted octanol–water partition coefficient (Wildman–Crippen LogP) is 3.25. The van der Waals surface area contributed by atoms with E-state index in [9.17, 15) is 4.79 Å². The number of amides is 1. The molecule has 4 aromatic rings. The van der Waals surface area contributed by atoms with Crippen LogP contribution in [0.1, 0.15) is 12.3 Å². The maximum atomic E-state index is 12.1. The third-order valence-corrected chi connectivity index (χ3v) is 4.22. The zero-order chi connectivity index (χ0) is 16.4. The summed E-state index contributed by atoms with van der Waals surface area (Å²) in [6, 6.07) is 7.51. The van der Waals surface area contributed by atoms with E-state index in [1.165, 1.54) is 0 Å². The maximum absolute atomic E-state index is 12.1. The molecule has 1 amide bonds. The number of hydrogen-bond acceptors (Lipinski definition) is 6. The molecule has 0 spiro atoms. The Kier molecular flexibility index (Phi) is 3.80. The first-order chi connectivity index (χ1) is 11.8. The molecule has 0 unspecified atom stereocenters. The summed E-state index contributed by atoms with van der Waals surface area (Å²) in [4.78, 5) is 16.4. The van der Waals surface area contributed by atoms with Crippen LogP contribution in [0.25, 0.3) is 22.3 Å². The molecule has 0 aliphatic heterocycles. The van der Waals surface area contributed by atoms with Crippen LogP contribution < -0.4 is 5.32 Å². The van der Waals surface area contributed by atoms with Crippen LogP contribution in [-0.4, -0.2) is 26.2 Å². The summed E-state index contributed by atoms with van der Waals surface area (Å²) in [5, 5.41) is 18.5. The van der Waals surface area contributed by atoms with Crippen molar-refractivity contribution in [1.82, 2.24) is 20.3 Å². The van der Waals surface area contributed by atoms with Crippen molar-refractivity contribution in [2.75, 3.05) is 5.32 Å². The quantitative estimate of drug-likeness (QED) is 0.582. The Hall–Kier alpha value is -3.00. The topological polar surface area (TPSA) is 96.7 Å². The molecule has 3 heterocycles. The van der Waals surface area contributed by atoms with Crippen molar-refractivity contribution in [3.63, 3.8) is 0 Å². The predicted molar refractivity (Wildman–Crippen MR) is 90.7 cm³/mol. The Bertz CT molecular complexity index is 973. The van der Waals surface area contributed by atoms with E-state index >= 15 is 0 Å². The van der Waals surface area contributed by atoms with Crippen LogP contribution >= 0.6 is 11.3 Å². The fraction of sp³-hybridized carbons (Fsp3) is 0.125. The van der Waals surface area contributed by atoms with Gasteiger partial charge in [0.2, 0.25) is 17.6 Å². The van der Waals surface area contributed by atoms with Gasteiger partial charge in [0.05, 0.1) is 11.7 Å². The largest absolute Gasteiger partial charge is 0.339 e. The summed E-state index contributed by atoms with van der Waals surface area (Å²) in [7, 11) is 0. The molecule has 0 bridgehead atoms. The standard InChI is InChI=1S/C16H13N5O2S/c22-14(18-12-1-2-13-11(7-12)8-17-20-13)3-4-15-19-16(21-23-15)10-5-6-24-9-10/h1-2,5-9H,3-4H2,(H,17,20)(H,18,22). The smallest absolute Gasteiger partial charge is 0.227 e. The van der Waals surface area contributed by atoms with Crippen molar-refractivity contribution in [3.05, 3.63) is 47.1 Å². The average molecular weight is 339 g/mol. The molecule has 4 rings (SSSR count). The van der Waals surface area contributed by atoms with Crippen molar-refractivity contribution in [2.24, 2.45) is 0 Å². The lowest BCUT2D eigenvalue weighted by molar-refractivity contribution is -0.116. The highest BCUT2D eigenvalue weighted by atomic mass is 32.1. The molecular weight excluding hydrogens is 326 g/mol. The second-order valence-corrected chi connectivity index (χ2v) is 6.02. The van der Waals surface area contributed by atoms with Gasteiger partial charge in [-0.05, 0) is 29.6 Å². The molecule has 120 valence electrons. The summed E-state index contributed by atoms with van der Waals surface area (Å²) < 4.78 is 5.19. The first kappa shape index (κ1) is 14.6. The van der Waals surface area contributed by atoms with Crippen LogP contribution in [0.5, 0.6) is 0 Å². The van der Waals surface area contributed by atoms with Crippen LogP contribution in [0.2, 0.25) is 0 Å². The molecule has 0 aliphatic rings. The van der Waals surface area contributed by atoms with Crippen LogP contribution in [-0.2, 0) is 11.2 Å². The number of thiophene rings is 1. The monoisotopic (exact) mass is 339 g/mol. The number of carbonyl (C=O) groups excluding carboxylic acids is 1. The normalized spacial score (nSPS) is 11.0. The van der Waals surface area contributed by atoms with Crippen molar-refractivity contribution < 1.29 is 9.32 Å². The van der Waals surface area contributed by atoms with Crippen LogP contribution in [0, 0.1) is 0 Å². The van der Waals surface area contributed by atoms with E-state index in [4.69, 9.17) is 4.52 Å². The lowest BCUT2D eigenvalue weighted by Crippen LogP contribution is -2.12. The van der Waals surface area contributed by atoms with E-state index in [2.05, 4.69) is 25.7 Å². The highest BCUT2D eigenvalue weighted by molar-refractivity contribution is 7.08. The number of carbonyl (C=O) groups is 1. The number of benzene rings is 1. The molecule has 3 aromatic heterocycles. The van der Waals surface area contributed by atoms with Gasteiger partial charge in [-0.2, -0.15) is 21.4 Å². The molecule has 0 saturated carbocycles. The number of anilines is 1. The maximum Gasteiger partial charge on any atom is 0.227 e. The average Bonchev–Trinajstić information content (AvgIpc) is 3.32. The molecule has 0 radical (unpaired) electrons. The molecule has 24 heavy (non-hydrogen) atoms. The van der Waals surface area contributed by atoms with Gasteiger partial charge in [0.15, 0.2) is 0 Å². The SMILES string of the molecule is O=C(CCc1nc(-c2ccsc2)no1)Nc1ccc2[nH]ncc2c1. The Balaban J connectivity index is 1.36. The summed E-state index contributed by atoms with van der Waals surface area (Å²) in [5.74, 6) is 0.904. The summed E-state index contributed by atoms with van der Waals surface area (Å²) in [6.45, 7) is 0. The number of nitrogens with one attached hydrogen (secondary N) is 2. The molecule has 1 aromatic carbocycles. The third-order valence-electron chi connectivity index (χ3n) is 3.54. The van der Waals surface area contributed by atoms with Crippen LogP contribution in [0.15, 0.2) is 45.7 Å². The zero-order valence-corrected chi connectivity index (χ0v) is 13.3. The Morgan fingerprint density at radius 2 is 2.29 bits per heavy atom. The van der Waals surface area contributed by atoms with E-state index in [1.54, 1.807) is 17.5 Å². The van der Waals surface area contributed by atoms with E-state index < -0.39 is 0 Å². The van der Waals surface area contributed by atoms with Crippen molar-refractivity contribution in [3.8, 4) is 11.4 Å². The lowest BCUT2D eigenvalue weighted by atomic mass is 10.2. The van der Waals surface area contributed by atoms with E-state index in [0.29, 0.717) is 18.1 Å². The van der Waals surface area contributed by atoms with Gasteiger partial charge in [0.25, 0.3) is 0 Å². The van der Waals surface area contributed by atoms with E-state index in [-0.39, 0.29) is 12.3 Å². The zero-order valence-electron chi connectivity index (χ0n) is 12.5. The highest BCUT2D eigenvalue weighted by Gasteiger charge is 2.11. The molecule has 0 fully saturated rings. The molecule has 8 heteroatoms. The van der Waals surface area contributed by atoms with Gasteiger partial charge in [-0.3, -0.25) is 9.89 Å². The van der Waals surface area contributed by atoms with Gasteiger partial charge in [-0.15, -0.1) is 0 Å². The minimum absolute atomic E-state index is 0.104. The fourth-order valence-corrected chi connectivity index (χ4v) is 2.96. The first-order valence-corrected chi connectivity index (χ1v) is 8.30. The number of nitrogens with zero attached hydrogens (tertiary/aromatic N) is 3. The molecule has 0 saturated heterocycles. The minimum atomic E-state index is -0.104. The van der Waals surface area contributed by atoms with E-state index in [0.717, 1.165) is 22.2 Å². The molecule has 7 nitrogen and oxygen atoms in total. The number of H-pyrrole nitrogens is 1. The van der Waals surface area contributed by atoms with Crippen LogP contribution in [0.3, 0.4) is 0 Å². The minimum Gasteiger partial charge on any atom is -0.339 e. The van der Waals surface area contributed by atoms with Gasteiger partial charge >= 0.3 is 0 Å². The van der Waals surface area contributed by atoms with Gasteiger partial charge in [0, 0.05) is 34.9 Å². The number of rotatable bonds is 5. The van der Waals surface area contributed by atoms with Gasteiger partial charge in [0.1, 0.15) is 0 Å². The first-order valence-electron chi connectivity index (χ1n) is 7.36. The molecular formula is C16H13N5O2S. The van der Waals surface area contributed by atoms with Crippen molar-refractivity contribution in [2.45, 2.75) is 12.8 Å². The molecule has 0 aliphatic carbocycles. The fourth-order valence-electron chi connectivity index (χ4n) is 2.33. The van der Waals surface area contributed by atoms with Gasteiger partial charge in [-0.1, -0.05) is 5.16 Å². The number of hydrogen-bond donors (Lipinski definition) is 2. The van der Waals surface area contributed by atoms with Gasteiger partial charge < -0.3 is 9.84 Å². The summed E-state index contributed by atoms with van der Waals surface area (Å²) >= 11 is 1.57. The Labute approximate surface area is 140 Å². The number of aromatic amines is 1. The number of aryl methyl sites for hydroxylation is 1. The number of aromatic nitrogens is 4.